The Morgan fingerprint density at radius 3 is 2.50 bits per heavy atom. The molecule has 136 valence electrons. The average Bonchev–Trinajstić information content (AvgIpc) is 2.66. The van der Waals surface area contributed by atoms with Crippen molar-refractivity contribution >= 4 is 17.9 Å². The van der Waals surface area contributed by atoms with Crippen LogP contribution in [0.1, 0.15) is 24.1 Å². The van der Waals surface area contributed by atoms with E-state index in [2.05, 4.69) is 5.32 Å². The fraction of sp³-hybridized carbons (Fsp3) is 0.200. The van der Waals surface area contributed by atoms with E-state index >= 15 is 0 Å². The molecule has 2 rings (SSSR count). The Hall–Kier alpha value is -3.28. The van der Waals surface area contributed by atoms with E-state index in [0.29, 0.717) is 23.7 Å². The summed E-state index contributed by atoms with van der Waals surface area (Å²) in [5, 5.41) is 2.61. The largest absolute Gasteiger partial charge is 0.493 e. The fourth-order valence-electron chi connectivity index (χ4n) is 2.39. The molecule has 0 heterocycles. The molecular formula is C20H22N2O4. The van der Waals surface area contributed by atoms with Crippen molar-refractivity contribution in [3.63, 3.8) is 0 Å². The number of methoxy groups -OCH3 is 1. The highest BCUT2D eigenvalue weighted by Gasteiger charge is 2.18. The van der Waals surface area contributed by atoms with E-state index in [1.165, 1.54) is 6.08 Å². The summed E-state index contributed by atoms with van der Waals surface area (Å²) in [6, 6.07) is 13.3. The third-order valence-electron chi connectivity index (χ3n) is 3.62. The van der Waals surface area contributed by atoms with Crippen LogP contribution in [0.25, 0.3) is 6.08 Å². The highest BCUT2D eigenvalue weighted by Crippen LogP contribution is 2.28. The van der Waals surface area contributed by atoms with Crippen LogP contribution in [0.5, 0.6) is 11.5 Å². The number of hydrogen-bond donors (Lipinski definition) is 2. The van der Waals surface area contributed by atoms with Crippen LogP contribution in [0.4, 0.5) is 0 Å². The van der Waals surface area contributed by atoms with Gasteiger partial charge in [0.2, 0.25) is 11.8 Å². The smallest absolute Gasteiger partial charge is 0.244 e. The minimum absolute atomic E-state index is 0.425. The first kappa shape index (κ1) is 19.1. The van der Waals surface area contributed by atoms with Crippen molar-refractivity contribution in [1.29, 1.82) is 0 Å². The normalized spacial score (nSPS) is 11.8. The molecule has 0 spiro atoms. The molecule has 2 amide bonds. The Morgan fingerprint density at radius 1 is 1.15 bits per heavy atom. The summed E-state index contributed by atoms with van der Waals surface area (Å²) in [6.07, 6.45) is 2.96. The topological polar surface area (TPSA) is 90.6 Å². The zero-order chi connectivity index (χ0) is 18.9. The van der Waals surface area contributed by atoms with Crippen LogP contribution < -0.4 is 20.5 Å². The molecule has 0 aliphatic heterocycles. The van der Waals surface area contributed by atoms with Gasteiger partial charge in [-0.2, -0.15) is 0 Å². The first-order valence-electron chi connectivity index (χ1n) is 8.18. The molecule has 1 atom stereocenters. The van der Waals surface area contributed by atoms with Crippen molar-refractivity contribution < 1.29 is 19.1 Å². The maximum absolute atomic E-state index is 12.2. The molecular weight excluding hydrogens is 332 g/mol. The van der Waals surface area contributed by atoms with Crippen molar-refractivity contribution in [3.05, 3.63) is 65.7 Å². The van der Waals surface area contributed by atoms with Gasteiger partial charge in [0.15, 0.2) is 11.5 Å². The molecule has 3 N–H and O–H groups in total. The maximum atomic E-state index is 12.2. The van der Waals surface area contributed by atoms with E-state index in [1.807, 2.05) is 13.0 Å². The fourth-order valence-corrected chi connectivity index (χ4v) is 2.39. The van der Waals surface area contributed by atoms with Gasteiger partial charge in [-0.3, -0.25) is 9.59 Å². The van der Waals surface area contributed by atoms with Gasteiger partial charge in [0.25, 0.3) is 0 Å². The number of hydrogen-bond acceptors (Lipinski definition) is 4. The number of carbonyl (C=O) groups is 2. The van der Waals surface area contributed by atoms with Crippen LogP contribution in [-0.2, 0) is 9.59 Å². The third kappa shape index (κ3) is 5.11. The van der Waals surface area contributed by atoms with Gasteiger partial charge in [0.1, 0.15) is 6.04 Å². The molecule has 0 saturated carbocycles. The van der Waals surface area contributed by atoms with Crippen LogP contribution in [0.3, 0.4) is 0 Å². The summed E-state index contributed by atoms with van der Waals surface area (Å²) >= 11 is 0. The van der Waals surface area contributed by atoms with E-state index in [9.17, 15) is 9.59 Å². The molecule has 0 aliphatic rings. The van der Waals surface area contributed by atoms with E-state index in [0.717, 1.165) is 5.56 Å². The summed E-state index contributed by atoms with van der Waals surface area (Å²) in [6.45, 7) is 2.42. The van der Waals surface area contributed by atoms with Crippen LogP contribution in [-0.4, -0.2) is 25.5 Å². The lowest BCUT2D eigenvalue weighted by atomic mass is 10.1. The lowest BCUT2D eigenvalue weighted by Gasteiger charge is -2.14. The first-order chi connectivity index (χ1) is 12.5. The lowest BCUT2D eigenvalue weighted by molar-refractivity contribution is -0.125. The molecule has 1 unspecified atom stereocenters. The number of nitrogens with one attached hydrogen (secondary N) is 1. The molecule has 2 aromatic carbocycles. The lowest BCUT2D eigenvalue weighted by Crippen LogP contribution is -2.36. The molecule has 0 aromatic heterocycles. The van der Waals surface area contributed by atoms with Gasteiger partial charge in [0.05, 0.1) is 13.7 Å². The second-order valence-electron chi connectivity index (χ2n) is 5.43. The summed E-state index contributed by atoms with van der Waals surface area (Å²) in [5.41, 5.74) is 6.79. The zero-order valence-corrected chi connectivity index (χ0v) is 14.8. The van der Waals surface area contributed by atoms with E-state index in [1.54, 1.807) is 55.7 Å². The molecule has 6 nitrogen and oxygen atoms in total. The Kier molecular flexibility index (Phi) is 6.79. The molecule has 0 bridgehead atoms. The molecule has 0 saturated heterocycles. The summed E-state index contributed by atoms with van der Waals surface area (Å²) in [5.74, 6) is 0.161. The molecule has 0 aliphatic carbocycles. The minimum atomic E-state index is -0.886. The predicted octanol–water partition coefficient (Wildman–Crippen LogP) is 2.45. The van der Waals surface area contributed by atoms with Crippen molar-refractivity contribution in [1.82, 2.24) is 5.32 Å². The van der Waals surface area contributed by atoms with Crippen molar-refractivity contribution in [3.8, 4) is 11.5 Å². The maximum Gasteiger partial charge on any atom is 0.244 e. The van der Waals surface area contributed by atoms with Gasteiger partial charge in [-0.25, -0.2) is 0 Å². The molecule has 0 radical (unpaired) electrons. The van der Waals surface area contributed by atoms with Gasteiger partial charge >= 0.3 is 0 Å². The van der Waals surface area contributed by atoms with E-state index in [-0.39, 0.29) is 0 Å². The van der Waals surface area contributed by atoms with Gasteiger partial charge < -0.3 is 20.5 Å². The number of benzene rings is 2. The van der Waals surface area contributed by atoms with Crippen LogP contribution in [0, 0.1) is 0 Å². The van der Waals surface area contributed by atoms with E-state index in [4.69, 9.17) is 15.2 Å². The summed E-state index contributed by atoms with van der Waals surface area (Å²) in [7, 11) is 1.55. The van der Waals surface area contributed by atoms with E-state index < -0.39 is 17.9 Å². The highest BCUT2D eigenvalue weighted by molar-refractivity contribution is 5.95. The average molecular weight is 354 g/mol. The Balaban J connectivity index is 2.10. The zero-order valence-electron chi connectivity index (χ0n) is 14.8. The quantitative estimate of drug-likeness (QED) is 0.713. The highest BCUT2D eigenvalue weighted by atomic mass is 16.5. The van der Waals surface area contributed by atoms with Gasteiger partial charge in [-0.15, -0.1) is 0 Å². The number of amides is 2. The van der Waals surface area contributed by atoms with Crippen LogP contribution in [0.15, 0.2) is 54.6 Å². The SMILES string of the molecule is CCOc1ccc(/C=C/C(=O)NC(C(N)=O)c2ccccc2)cc1OC. The molecule has 2 aromatic rings. The standard InChI is InChI=1S/C20H22N2O4/c1-3-26-16-11-9-14(13-17(16)25-2)10-12-18(23)22-19(20(21)24)15-7-5-4-6-8-15/h4-13,19H,3H2,1-2H3,(H2,21,24)(H,22,23)/b12-10+. The summed E-state index contributed by atoms with van der Waals surface area (Å²) in [4.78, 5) is 23.8. The second kappa shape index (κ2) is 9.27. The monoisotopic (exact) mass is 354 g/mol. The molecule has 26 heavy (non-hydrogen) atoms. The van der Waals surface area contributed by atoms with Crippen molar-refractivity contribution in [2.45, 2.75) is 13.0 Å². The third-order valence-corrected chi connectivity index (χ3v) is 3.62. The second-order valence-corrected chi connectivity index (χ2v) is 5.43. The number of carbonyl (C=O) groups excluding carboxylic acids is 2. The predicted molar refractivity (Wildman–Crippen MR) is 99.7 cm³/mol. The Bertz CT molecular complexity index is 788. The number of primary amides is 1. The number of ether oxygens (including phenoxy) is 2. The Morgan fingerprint density at radius 2 is 1.88 bits per heavy atom. The van der Waals surface area contributed by atoms with Crippen LogP contribution in [0.2, 0.25) is 0 Å². The summed E-state index contributed by atoms with van der Waals surface area (Å²) < 4.78 is 10.7. The van der Waals surface area contributed by atoms with Gasteiger partial charge in [-0.1, -0.05) is 36.4 Å². The molecule has 6 heteroatoms. The molecule has 0 fully saturated rings. The van der Waals surface area contributed by atoms with Crippen molar-refractivity contribution in [2.75, 3.05) is 13.7 Å². The van der Waals surface area contributed by atoms with Crippen molar-refractivity contribution in [2.24, 2.45) is 5.73 Å². The minimum Gasteiger partial charge on any atom is -0.493 e. The number of nitrogens with two attached hydrogens (primary N) is 1. The van der Waals surface area contributed by atoms with Gasteiger partial charge in [0, 0.05) is 6.08 Å². The van der Waals surface area contributed by atoms with Crippen LogP contribution >= 0.6 is 0 Å². The Labute approximate surface area is 152 Å². The van der Waals surface area contributed by atoms with Gasteiger partial charge in [-0.05, 0) is 36.3 Å². The number of rotatable bonds is 8. The first-order valence-corrected chi connectivity index (χ1v) is 8.18.